The molecule has 5 atom stereocenters. The molecule has 2 fully saturated rings. The molecule has 1 unspecified atom stereocenters. The third-order valence-corrected chi connectivity index (χ3v) is 3.48. The minimum absolute atomic E-state index is 0.0575. The summed E-state index contributed by atoms with van der Waals surface area (Å²) in [6, 6.07) is 0.161. The molecule has 2 heterocycles. The molecule has 0 radical (unpaired) electrons. The van der Waals surface area contributed by atoms with Gasteiger partial charge in [0.05, 0.1) is 24.9 Å². The van der Waals surface area contributed by atoms with Gasteiger partial charge in [-0.1, -0.05) is 0 Å². The normalized spacial score (nSPS) is 51.2. The van der Waals surface area contributed by atoms with E-state index in [0.717, 1.165) is 12.8 Å². The Kier molecular flexibility index (Phi) is 2.32. The van der Waals surface area contributed by atoms with Gasteiger partial charge in [0, 0.05) is 12.1 Å². The lowest BCUT2D eigenvalue weighted by atomic mass is 10.0. The predicted molar refractivity (Wildman–Crippen MR) is 47.2 cm³/mol. The SMILES string of the molecule is C[C@@H]1CCC2[C@@H](O)[C@H](O)[C@@H](CO)N21. The summed E-state index contributed by atoms with van der Waals surface area (Å²) in [5.41, 5.74) is 0. The zero-order chi connectivity index (χ0) is 9.59. The van der Waals surface area contributed by atoms with Gasteiger partial charge in [0.1, 0.15) is 0 Å². The summed E-state index contributed by atoms with van der Waals surface area (Å²) < 4.78 is 0. The third-order valence-electron chi connectivity index (χ3n) is 3.48. The number of fused-ring (bicyclic) bond motifs is 1. The molecule has 4 nitrogen and oxygen atoms in total. The van der Waals surface area contributed by atoms with E-state index in [9.17, 15) is 10.2 Å². The molecule has 2 aliphatic heterocycles. The van der Waals surface area contributed by atoms with Crippen LogP contribution in [0, 0.1) is 0 Å². The van der Waals surface area contributed by atoms with E-state index in [-0.39, 0.29) is 18.7 Å². The lowest BCUT2D eigenvalue weighted by Gasteiger charge is -2.27. The van der Waals surface area contributed by atoms with Crippen LogP contribution in [-0.4, -0.2) is 57.2 Å². The monoisotopic (exact) mass is 187 g/mol. The molecule has 0 amide bonds. The molecule has 4 heteroatoms. The largest absolute Gasteiger partial charge is 0.395 e. The van der Waals surface area contributed by atoms with Gasteiger partial charge in [0.25, 0.3) is 0 Å². The van der Waals surface area contributed by atoms with Crippen molar-refractivity contribution in [2.75, 3.05) is 6.61 Å². The second kappa shape index (κ2) is 3.20. The second-order valence-electron chi connectivity index (χ2n) is 4.17. The van der Waals surface area contributed by atoms with Crippen LogP contribution in [0.4, 0.5) is 0 Å². The lowest BCUT2D eigenvalue weighted by molar-refractivity contribution is 0.0132. The summed E-state index contributed by atoms with van der Waals surface area (Å²) in [4.78, 5) is 2.06. The summed E-state index contributed by atoms with van der Waals surface area (Å²) in [5, 5.41) is 28.4. The van der Waals surface area contributed by atoms with Gasteiger partial charge in [0.2, 0.25) is 0 Å². The number of aliphatic hydroxyl groups excluding tert-OH is 3. The quantitative estimate of drug-likeness (QED) is 0.489. The third kappa shape index (κ3) is 1.21. The predicted octanol–water partition coefficient (Wildman–Crippen LogP) is -1.06. The first kappa shape index (κ1) is 9.40. The number of hydrogen-bond donors (Lipinski definition) is 3. The highest BCUT2D eigenvalue weighted by Gasteiger charge is 2.51. The minimum Gasteiger partial charge on any atom is -0.395 e. The van der Waals surface area contributed by atoms with Crippen molar-refractivity contribution in [1.82, 2.24) is 4.90 Å². The van der Waals surface area contributed by atoms with Crippen molar-refractivity contribution in [3.05, 3.63) is 0 Å². The Morgan fingerprint density at radius 1 is 1.23 bits per heavy atom. The van der Waals surface area contributed by atoms with Crippen molar-refractivity contribution in [2.45, 2.75) is 50.1 Å². The first-order valence-electron chi connectivity index (χ1n) is 4.91. The van der Waals surface area contributed by atoms with E-state index in [2.05, 4.69) is 11.8 Å². The molecule has 2 saturated heterocycles. The highest BCUT2D eigenvalue weighted by Crippen LogP contribution is 2.36. The topological polar surface area (TPSA) is 63.9 Å². The van der Waals surface area contributed by atoms with Crippen LogP contribution in [0.5, 0.6) is 0 Å². The van der Waals surface area contributed by atoms with Gasteiger partial charge in [-0.25, -0.2) is 0 Å². The van der Waals surface area contributed by atoms with Gasteiger partial charge in [-0.15, -0.1) is 0 Å². The Hall–Kier alpha value is -0.160. The Labute approximate surface area is 77.8 Å². The zero-order valence-electron chi connectivity index (χ0n) is 7.80. The molecule has 0 bridgehead atoms. The fourth-order valence-corrected chi connectivity index (χ4v) is 2.79. The van der Waals surface area contributed by atoms with Gasteiger partial charge in [-0.05, 0) is 19.8 Å². The van der Waals surface area contributed by atoms with Crippen molar-refractivity contribution in [1.29, 1.82) is 0 Å². The highest BCUT2D eigenvalue weighted by atomic mass is 16.3. The summed E-state index contributed by atoms with van der Waals surface area (Å²) in [6.07, 6.45) is 0.515. The molecule has 2 aliphatic rings. The van der Waals surface area contributed by atoms with Crippen molar-refractivity contribution in [3.63, 3.8) is 0 Å². The molecule has 0 aromatic carbocycles. The maximum Gasteiger partial charge on any atom is 0.0991 e. The zero-order valence-corrected chi connectivity index (χ0v) is 7.80. The van der Waals surface area contributed by atoms with Gasteiger partial charge in [-0.2, -0.15) is 0 Å². The van der Waals surface area contributed by atoms with Crippen molar-refractivity contribution >= 4 is 0 Å². The van der Waals surface area contributed by atoms with Crippen LogP contribution in [0.2, 0.25) is 0 Å². The average molecular weight is 187 g/mol. The van der Waals surface area contributed by atoms with Crippen molar-refractivity contribution in [3.8, 4) is 0 Å². The molecular formula is C9H17NO3. The maximum absolute atomic E-state index is 9.68. The fourth-order valence-electron chi connectivity index (χ4n) is 2.79. The van der Waals surface area contributed by atoms with Gasteiger partial charge < -0.3 is 15.3 Å². The van der Waals surface area contributed by atoms with Gasteiger partial charge in [-0.3, -0.25) is 4.90 Å². The Bertz CT molecular complexity index is 197. The summed E-state index contributed by atoms with van der Waals surface area (Å²) >= 11 is 0. The van der Waals surface area contributed by atoms with Crippen LogP contribution >= 0.6 is 0 Å². The second-order valence-corrected chi connectivity index (χ2v) is 4.17. The number of aliphatic hydroxyl groups is 3. The minimum atomic E-state index is -0.780. The molecule has 2 rings (SSSR count). The van der Waals surface area contributed by atoms with E-state index in [4.69, 9.17) is 5.11 Å². The molecule has 0 aliphatic carbocycles. The van der Waals surface area contributed by atoms with Crippen LogP contribution in [0.1, 0.15) is 19.8 Å². The van der Waals surface area contributed by atoms with E-state index in [1.807, 2.05) is 0 Å². The molecule has 76 valence electrons. The molecule has 0 saturated carbocycles. The summed E-state index contributed by atoms with van der Waals surface area (Å²) in [5.74, 6) is 0. The lowest BCUT2D eigenvalue weighted by Crippen LogP contribution is -2.42. The molecular weight excluding hydrogens is 170 g/mol. The smallest absolute Gasteiger partial charge is 0.0991 e. The van der Waals surface area contributed by atoms with Crippen LogP contribution in [0.15, 0.2) is 0 Å². The number of rotatable bonds is 1. The van der Waals surface area contributed by atoms with Crippen LogP contribution in [0.3, 0.4) is 0 Å². The van der Waals surface area contributed by atoms with Gasteiger partial charge >= 0.3 is 0 Å². The summed E-state index contributed by atoms with van der Waals surface area (Å²) in [7, 11) is 0. The first-order chi connectivity index (χ1) is 6.16. The van der Waals surface area contributed by atoms with Crippen molar-refractivity contribution < 1.29 is 15.3 Å². The highest BCUT2D eigenvalue weighted by molar-refractivity contribution is 5.05. The molecule has 3 N–H and O–H groups in total. The molecule has 0 aromatic heterocycles. The van der Waals surface area contributed by atoms with E-state index < -0.39 is 12.2 Å². The Morgan fingerprint density at radius 3 is 2.54 bits per heavy atom. The fraction of sp³-hybridized carbons (Fsp3) is 1.00. The molecule has 0 aromatic rings. The number of nitrogens with zero attached hydrogens (tertiary/aromatic N) is 1. The van der Waals surface area contributed by atoms with Crippen LogP contribution in [0.25, 0.3) is 0 Å². The molecule has 13 heavy (non-hydrogen) atoms. The maximum atomic E-state index is 9.68. The summed E-state index contributed by atoms with van der Waals surface area (Å²) in [6.45, 7) is 2.01. The van der Waals surface area contributed by atoms with Crippen LogP contribution in [-0.2, 0) is 0 Å². The average Bonchev–Trinajstić information content (AvgIpc) is 2.58. The van der Waals surface area contributed by atoms with Crippen LogP contribution < -0.4 is 0 Å². The van der Waals surface area contributed by atoms with Crippen molar-refractivity contribution in [2.24, 2.45) is 0 Å². The van der Waals surface area contributed by atoms with E-state index in [0.29, 0.717) is 6.04 Å². The van der Waals surface area contributed by atoms with E-state index in [1.54, 1.807) is 0 Å². The van der Waals surface area contributed by atoms with E-state index in [1.165, 1.54) is 0 Å². The molecule has 0 spiro atoms. The van der Waals surface area contributed by atoms with Gasteiger partial charge in [0.15, 0.2) is 0 Å². The van der Waals surface area contributed by atoms with E-state index >= 15 is 0 Å². The standard InChI is InChI=1S/C9H17NO3/c1-5-2-3-6-8(12)9(13)7(4-11)10(5)6/h5-9,11-13H,2-4H2,1H3/t5-,6?,7-,8-,9-/m1/s1. The Morgan fingerprint density at radius 2 is 1.92 bits per heavy atom. The number of hydrogen-bond acceptors (Lipinski definition) is 4. The first-order valence-corrected chi connectivity index (χ1v) is 4.91. The Balaban J connectivity index is 2.20.